The highest BCUT2D eigenvalue weighted by Gasteiger charge is 2.19. The molecule has 29 heavy (non-hydrogen) atoms. The van der Waals surface area contributed by atoms with Gasteiger partial charge in [-0.2, -0.15) is 0 Å². The van der Waals surface area contributed by atoms with Crippen LogP contribution in [0, 0.1) is 6.92 Å². The van der Waals surface area contributed by atoms with E-state index >= 15 is 0 Å². The molecule has 0 bridgehead atoms. The molecule has 1 aromatic carbocycles. The van der Waals surface area contributed by atoms with E-state index in [1.165, 1.54) is 0 Å². The van der Waals surface area contributed by atoms with Crippen molar-refractivity contribution in [2.75, 3.05) is 6.61 Å². The molecule has 2 aromatic heterocycles. The maximum absolute atomic E-state index is 12.0. The number of carboxylic acid groups (broad SMARTS) is 1. The molecule has 0 saturated heterocycles. The zero-order valence-electron chi connectivity index (χ0n) is 16.3. The third-order valence-corrected chi connectivity index (χ3v) is 5.16. The van der Waals surface area contributed by atoms with Gasteiger partial charge < -0.3 is 18.8 Å². The van der Waals surface area contributed by atoms with Gasteiger partial charge in [-0.25, -0.2) is 4.79 Å². The summed E-state index contributed by atoms with van der Waals surface area (Å²) in [5.41, 5.74) is 2.30. The summed E-state index contributed by atoms with van der Waals surface area (Å²) in [6.07, 6.45) is 2.14. The fraction of sp³-hybridized carbons (Fsp3) is 0.300. The van der Waals surface area contributed by atoms with E-state index in [0.29, 0.717) is 24.5 Å². The number of hydrogen-bond donors (Lipinski definition) is 1. The number of ether oxygens (including phenoxy) is 1. The van der Waals surface area contributed by atoms with Crippen molar-refractivity contribution in [3.8, 4) is 0 Å². The average Bonchev–Trinajstić information content (AvgIpc) is 3.26. The quantitative estimate of drug-likeness (QED) is 0.337. The predicted molar refractivity (Wildman–Crippen MR) is 108 cm³/mol. The van der Waals surface area contributed by atoms with Crippen LogP contribution in [0.5, 0.6) is 0 Å². The Balaban J connectivity index is 2.05. The number of rotatable bonds is 8. The van der Waals surface area contributed by atoms with Gasteiger partial charge in [-0.1, -0.05) is 25.1 Å². The smallest absolute Gasteiger partial charge is 0.342 e. The number of carbonyl (C=O) groups excluding carboxylic acids is 1. The van der Waals surface area contributed by atoms with E-state index in [1.807, 2.05) is 42.7 Å². The Morgan fingerprint density at radius 1 is 1.28 bits per heavy atom. The van der Waals surface area contributed by atoms with Crippen molar-refractivity contribution in [2.24, 2.45) is 0 Å². The minimum absolute atomic E-state index is 0.0402. The van der Waals surface area contributed by atoms with E-state index in [1.54, 1.807) is 13.0 Å². The molecule has 0 unspecified atom stereocenters. The van der Waals surface area contributed by atoms with Crippen LogP contribution in [0.25, 0.3) is 17.0 Å². The summed E-state index contributed by atoms with van der Waals surface area (Å²) in [5, 5.41) is 18.4. The predicted octanol–water partition coefficient (Wildman–Crippen LogP) is 3.68. The lowest BCUT2D eigenvalue weighted by molar-refractivity contribution is -0.143. The first-order chi connectivity index (χ1) is 13.9. The first-order valence-corrected chi connectivity index (χ1v) is 9.94. The lowest BCUT2D eigenvalue weighted by Crippen LogP contribution is -2.14. The summed E-state index contributed by atoms with van der Waals surface area (Å²) in [6.45, 7) is 5.82. The van der Waals surface area contributed by atoms with Crippen molar-refractivity contribution in [1.82, 2.24) is 14.8 Å². The number of hydrogen-bond acceptors (Lipinski definition) is 7. The molecule has 0 spiro atoms. The molecule has 0 amide bonds. The summed E-state index contributed by atoms with van der Waals surface area (Å²) >= 11 is 0.897. The van der Waals surface area contributed by atoms with E-state index in [2.05, 4.69) is 10.2 Å². The van der Waals surface area contributed by atoms with Gasteiger partial charge in [0, 0.05) is 28.6 Å². The van der Waals surface area contributed by atoms with Crippen molar-refractivity contribution < 1.29 is 23.8 Å². The highest BCUT2D eigenvalue weighted by molar-refractivity contribution is 8.03. The summed E-state index contributed by atoms with van der Waals surface area (Å²) in [4.78, 5) is 23.9. The Kier molecular flexibility index (Phi) is 6.38. The molecule has 152 valence electrons. The number of esters is 1. The first-order valence-electron chi connectivity index (χ1n) is 9.13. The highest BCUT2D eigenvalue weighted by Crippen LogP contribution is 2.32. The molecule has 3 rings (SSSR count). The number of fused-ring (bicyclic) bond motifs is 1. The van der Waals surface area contributed by atoms with Crippen LogP contribution in [-0.2, 0) is 27.3 Å². The number of benzene rings is 1. The van der Waals surface area contributed by atoms with Crippen molar-refractivity contribution in [1.29, 1.82) is 0 Å². The van der Waals surface area contributed by atoms with Crippen LogP contribution in [0.15, 0.2) is 38.8 Å². The molecule has 0 aliphatic rings. The summed E-state index contributed by atoms with van der Waals surface area (Å²) in [5.74, 6) is -1.01. The van der Waals surface area contributed by atoms with Crippen LogP contribution < -0.4 is 0 Å². The minimum Gasteiger partial charge on any atom is -0.477 e. The fourth-order valence-electron chi connectivity index (χ4n) is 2.96. The van der Waals surface area contributed by atoms with Gasteiger partial charge in [0.1, 0.15) is 11.4 Å². The SMILES string of the molecule is CCOC(=O)Cn1c(C)c(/C=C(\Sc2nnc(CC)o2)C(=O)O)c2ccccc21. The lowest BCUT2D eigenvalue weighted by Gasteiger charge is -2.07. The van der Waals surface area contributed by atoms with Gasteiger partial charge in [0.2, 0.25) is 5.89 Å². The molecule has 1 N–H and O–H groups in total. The summed E-state index contributed by atoms with van der Waals surface area (Å²) < 4.78 is 12.3. The number of thioether (sulfide) groups is 1. The normalized spacial score (nSPS) is 11.8. The number of aliphatic carboxylic acids is 1. The monoisotopic (exact) mass is 415 g/mol. The second kappa shape index (κ2) is 8.95. The maximum Gasteiger partial charge on any atom is 0.342 e. The van der Waals surface area contributed by atoms with Crippen LogP contribution in [-0.4, -0.2) is 38.4 Å². The van der Waals surface area contributed by atoms with Gasteiger partial charge in [0.05, 0.1) is 6.61 Å². The van der Waals surface area contributed by atoms with E-state index in [9.17, 15) is 14.7 Å². The Hall–Kier alpha value is -3.07. The molecule has 0 aliphatic carbocycles. The topological polar surface area (TPSA) is 107 Å². The van der Waals surface area contributed by atoms with Gasteiger partial charge in [0.25, 0.3) is 5.22 Å². The van der Waals surface area contributed by atoms with Gasteiger partial charge in [-0.3, -0.25) is 4.79 Å². The molecule has 0 aliphatic heterocycles. The Morgan fingerprint density at radius 3 is 2.69 bits per heavy atom. The molecule has 0 atom stereocenters. The largest absolute Gasteiger partial charge is 0.477 e. The van der Waals surface area contributed by atoms with Gasteiger partial charge in [-0.15, -0.1) is 10.2 Å². The molecule has 3 aromatic rings. The standard InChI is InChI=1S/C20H21N3O5S/c1-4-17-21-22-20(28-17)29-16(19(25)26)10-14-12(3)23(11-18(24)27-5-2)15-9-7-6-8-13(14)15/h6-10H,4-5,11H2,1-3H3,(H,25,26)/b16-10-. The molecular weight excluding hydrogens is 394 g/mol. The fourth-order valence-corrected chi connectivity index (χ4v) is 3.63. The zero-order valence-corrected chi connectivity index (χ0v) is 17.2. The van der Waals surface area contributed by atoms with Crippen LogP contribution >= 0.6 is 11.8 Å². The zero-order chi connectivity index (χ0) is 21.0. The number of aryl methyl sites for hydroxylation is 1. The molecule has 0 fully saturated rings. The molecule has 2 heterocycles. The number of carbonyl (C=O) groups is 2. The van der Waals surface area contributed by atoms with Crippen molar-refractivity contribution in [2.45, 2.75) is 39.0 Å². The summed E-state index contributed by atoms with van der Waals surface area (Å²) in [7, 11) is 0. The van der Waals surface area contributed by atoms with Gasteiger partial charge >= 0.3 is 11.9 Å². The van der Waals surface area contributed by atoms with Crippen LogP contribution in [0.4, 0.5) is 0 Å². The van der Waals surface area contributed by atoms with E-state index in [-0.39, 0.29) is 22.6 Å². The molecule has 9 heteroatoms. The highest BCUT2D eigenvalue weighted by atomic mass is 32.2. The Labute approximate surface area is 171 Å². The number of para-hydroxylation sites is 1. The lowest BCUT2D eigenvalue weighted by atomic mass is 10.1. The average molecular weight is 415 g/mol. The van der Waals surface area contributed by atoms with E-state index < -0.39 is 5.97 Å². The van der Waals surface area contributed by atoms with Gasteiger partial charge in [-0.05, 0) is 37.8 Å². The Bertz CT molecular complexity index is 1080. The molecule has 0 saturated carbocycles. The number of aromatic nitrogens is 3. The minimum atomic E-state index is -1.10. The number of carboxylic acids is 1. The summed E-state index contributed by atoms with van der Waals surface area (Å²) in [6, 6.07) is 7.52. The van der Waals surface area contributed by atoms with Crippen LogP contribution in [0.1, 0.15) is 31.0 Å². The van der Waals surface area contributed by atoms with E-state index in [0.717, 1.165) is 28.4 Å². The number of nitrogens with zero attached hydrogens (tertiary/aromatic N) is 3. The third kappa shape index (κ3) is 4.51. The second-order valence-corrected chi connectivity index (χ2v) is 7.13. The van der Waals surface area contributed by atoms with Crippen LogP contribution in [0.2, 0.25) is 0 Å². The van der Waals surface area contributed by atoms with Gasteiger partial charge in [0.15, 0.2) is 0 Å². The van der Waals surface area contributed by atoms with Crippen molar-refractivity contribution in [3.05, 3.63) is 46.3 Å². The molecule has 0 radical (unpaired) electrons. The van der Waals surface area contributed by atoms with Crippen molar-refractivity contribution in [3.63, 3.8) is 0 Å². The molecule has 8 nitrogen and oxygen atoms in total. The maximum atomic E-state index is 12.0. The second-order valence-electron chi connectivity index (χ2n) is 6.14. The Morgan fingerprint density at radius 2 is 2.03 bits per heavy atom. The third-order valence-electron chi connectivity index (χ3n) is 4.31. The first kappa shape index (κ1) is 20.7. The van der Waals surface area contributed by atoms with Crippen LogP contribution in [0.3, 0.4) is 0 Å². The van der Waals surface area contributed by atoms with E-state index in [4.69, 9.17) is 9.15 Å². The van der Waals surface area contributed by atoms with Crippen molar-refractivity contribution >= 4 is 40.7 Å². The molecular formula is C20H21N3O5S.